The van der Waals surface area contributed by atoms with Gasteiger partial charge in [0.05, 0.1) is 12.2 Å². The summed E-state index contributed by atoms with van der Waals surface area (Å²) in [6.07, 6.45) is 2.04. The van der Waals surface area contributed by atoms with Crippen molar-refractivity contribution in [1.82, 2.24) is 4.90 Å². The molecule has 2 atom stereocenters. The van der Waals surface area contributed by atoms with Crippen molar-refractivity contribution in [2.45, 2.75) is 31.5 Å². The monoisotopic (exact) mass is 367 g/mol. The first-order valence-electron chi connectivity index (χ1n) is 9.45. The number of methoxy groups -OCH3 is 1. The first-order valence-corrected chi connectivity index (χ1v) is 9.45. The van der Waals surface area contributed by atoms with Gasteiger partial charge in [-0.25, -0.2) is 0 Å². The van der Waals surface area contributed by atoms with Gasteiger partial charge in [0.15, 0.2) is 0 Å². The van der Waals surface area contributed by atoms with Crippen LogP contribution in [0.2, 0.25) is 0 Å². The van der Waals surface area contributed by atoms with E-state index in [1.807, 2.05) is 53.4 Å². The SMILES string of the molecule is CO[C@H]1C[C@@H](O)C12CCN(C(=O)c1cccc(Oc3ccccc3)c1)CC2. The number of aliphatic hydroxyl groups is 1. The van der Waals surface area contributed by atoms with E-state index in [9.17, 15) is 9.90 Å². The predicted molar refractivity (Wildman–Crippen MR) is 102 cm³/mol. The minimum atomic E-state index is -0.317. The molecule has 142 valence electrons. The third-order valence-electron chi connectivity index (χ3n) is 6.07. The standard InChI is InChI=1S/C22H25NO4/c1-26-20-15-19(24)22(20)10-12-23(13-11-22)21(25)16-6-5-9-18(14-16)27-17-7-3-2-4-8-17/h2-9,14,19-20,24H,10-13,15H2,1H3/t19-,20+/m1/s1. The Bertz CT molecular complexity index is 799. The maximum Gasteiger partial charge on any atom is 0.253 e. The minimum Gasteiger partial charge on any atom is -0.457 e. The Morgan fingerprint density at radius 1 is 1.07 bits per heavy atom. The molecule has 2 fully saturated rings. The van der Waals surface area contributed by atoms with Crippen LogP contribution in [0.5, 0.6) is 11.5 Å². The topological polar surface area (TPSA) is 59.0 Å². The second kappa shape index (κ2) is 7.33. The van der Waals surface area contributed by atoms with Gasteiger partial charge in [0.1, 0.15) is 11.5 Å². The van der Waals surface area contributed by atoms with Gasteiger partial charge in [-0.2, -0.15) is 0 Å². The molecule has 0 radical (unpaired) electrons. The molecule has 1 aliphatic carbocycles. The molecule has 5 nitrogen and oxygen atoms in total. The van der Waals surface area contributed by atoms with E-state index in [0.29, 0.717) is 30.8 Å². The van der Waals surface area contributed by atoms with Crippen molar-refractivity contribution in [1.29, 1.82) is 0 Å². The molecule has 0 unspecified atom stereocenters. The summed E-state index contributed by atoms with van der Waals surface area (Å²) in [5.74, 6) is 1.40. The number of rotatable bonds is 4. The Kier molecular flexibility index (Phi) is 4.89. The van der Waals surface area contributed by atoms with E-state index in [1.165, 1.54) is 0 Å². The molecule has 2 aromatic carbocycles. The zero-order valence-corrected chi connectivity index (χ0v) is 15.5. The van der Waals surface area contributed by atoms with Gasteiger partial charge >= 0.3 is 0 Å². The normalized spacial score (nSPS) is 23.7. The third-order valence-corrected chi connectivity index (χ3v) is 6.07. The zero-order valence-electron chi connectivity index (χ0n) is 15.5. The lowest BCUT2D eigenvalue weighted by Crippen LogP contribution is -2.62. The highest BCUT2D eigenvalue weighted by molar-refractivity contribution is 5.94. The molecule has 0 aromatic heterocycles. The molecule has 2 aliphatic rings. The van der Waals surface area contributed by atoms with E-state index in [4.69, 9.17) is 9.47 Å². The molecule has 1 aliphatic heterocycles. The average molecular weight is 367 g/mol. The van der Waals surface area contributed by atoms with Crippen LogP contribution in [-0.2, 0) is 4.74 Å². The van der Waals surface area contributed by atoms with Gasteiger partial charge in [-0.05, 0) is 43.2 Å². The molecule has 1 N–H and O–H groups in total. The number of amides is 1. The number of carbonyl (C=O) groups excluding carboxylic acids is 1. The van der Waals surface area contributed by atoms with E-state index in [1.54, 1.807) is 13.2 Å². The summed E-state index contributed by atoms with van der Waals surface area (Å²) in [5.41, 5.74) is 0.445. The Morgan fingerprint density at radius 3 is 2.44 bits per heavy atom. The fourth-order valence-electron chi connectivity index (χ4n) is 4.34. The number of hydrogen-bond acceptors (Lipinski definition) is 4. The summed E-state index contributed by atoms with van der Waals surface area (Å²) < 4.78 is 11.4. The number of carbonyl (C=O) groups is 1. The number of piperidine rings is 1. The van der Waals surface area contributed by atoms with Crippen molar-refractivity contribution >= 4 is 5.91 Å². The van der Waals surface area contributed by atoms with Crippen molar-refractivity contribution < 1.29 is 19.4 Å². The van der Waals surface area contributed by atoms with Crippen LogP contribution in [0.25, 0.3) is 0 Å². The van der Waals surface area contributed by atoms with Crippen LogP contribution in [0.3, 0.4) is 0 Å². The Hall–Kier alpha value is -2.37. The van der Waals surface area contributed by atoms with Crippen molar-refractivity contribution in [3.63, 3.8) is 0 Å². The van der Waals surface area contributed by atoms with Crippen LogP contribution < -0.4 is 4.74 Å². The molecule has 1 amide bonds. The van der Waals surface area contributed by atoms with Gasteiger partial charge < -0.3 is 19.5 Å². The average Bonchev–Trinajstić information content (AvgIpc) is 2.72. The van der Waals surface area contributed by atoms with Crippen LogP contribution in [0.15, 0.2) is 54.6 Å². The molecule has 1 spiro atoms. The highest BCUT2D eigenvalue weighted by Crippen LogP contribution is 2.50. The molecule has 4 rings (SSSR count). The number of likely N-dealkylation sites (tertiary alicyclic amines) is 1. The van der Waals surface area contributed by atoms with E-state index in [0.717, 1.165) is 18.6 Å². The summed E-state index contributed by atoms with van der Waals surface area (Å²) in [6, 6.07) is 16.8. The summed E-state index contributed by atoms with van der Waals surface area (Å²) in [5, 5.41) is 10.2. The molecule has 5 heteroatoms. The minimum absolute atomic E-state index is 0.00569. The van der Waals surface area contributed by atoms with Crippen molar-refractivity contribution in [3.05, 3.63) is 60.2 Å². The second-order valence-corrected chi connectivity index (χ2v) is 7.44. The maximum absolute atomic E-state index is 12.9. The van der Waals surface area contributed by atoms with Crippen molar-refractivity contribution in [3.8, 4) is 11.5 Å². The number of aliphatic hydroxyl groups excluding tert-OH is 1. The lowest BCUT2D eigenvalue weighted by Gasteiger charge is -2.56. The first kappa shape index (κ1) is 18.0. The van der Waals surface area contributed by atoms with Crippen LogP contribution in [0, 0.1) is 5.41 Å². The third kappa shape index (κ3) is 3.33. The fraction of sp³-hybridized carbons (Fsp3) is 0.409. The Balaban J connectivity index is 1.42. The Morgan fingerprint density at radius 2 is 1.78 bits per heavy atom. The molecule has 1 heterocycles. The van der Waals surface area contributed by atoms with Gasteiger partial charge in [0.2, 0.25) is 0 Å². The maximum atomic E-state index is 12.9. The van der Waals surface area contributed by atoms with Crippen molar-refractivity contribution in [2.24, 2.45) is 5.41 Å². The van der Waals surface area contributed by atoms with Crippen LogP contribution >= 0.6 is 0 Å². The van der Waals surface area contributed by atoms with Crippen molar-refractivity contribution in [2.75, 3.05) is 20.2 Å². The molecular weight excluding hydrogens is 342 g/mol. The molecule has 1 saturated carbocycles. The van der Waals surface area contributed by atoms with Crippen LogP contribution in [-0.4, -0.2) is 48.3 Å². The summed E-state index contributed by atoms with van der Waals surface area (Å²) in [7, 11) is 1.70. The van der Waals surface area contributed by atoms with Gasteiger partial charge in [-0.1, -0.05) is 24.3 Å². The summed E-state index contributed by atoms with van der Waals surface area (Å²) in [4.78, 5) is 14.8. The molecule has 27 heavy (non-hydrogen) atoms. The van der Waals surface area contributed by atoms with Gasteiger partial charge in [-0.15, -0.1) is 0 Å². The molecule has 0 bridgehead atoms. The predicted octanol–water partition coefficient (Wildman–Crippen LogP) is 3.48. The van der Waals surface area contributed by atoms with E-state index in [-0.39, 0.29) is 23.5 Å². The van der Waals surface area contributed by atoms with E-state index < -0.39 is 0 Å². The highest BCUT2D eigenvalue weighted by atomic mass is 16.5. The molecular formula is C22H25NO4. The van der Waals surface area contributed by atoms with Crippen LogP contribution in [0.4, 0.5) is 0 Å². The fourth-order valence-corrected chi connectivity index (χ4v) is 4.34. The molecule has 2 aromatic rings. The van der Waals surface area contributed by atoms with Crippen LogP contribution in [0.1, 0.15) is 29.6 Å². The van der Waals surface area contributed by atoms with Gasteiger partial charge in [-0.3, -0.25) is 4.79 Å². The number of benzene rings is 2. The Labute approximate surface area is 159 Å². The summed E-state index contributed by atoms with van der Waals surface area (Å²) >= 11 is 0. The van der Waals surface area contributed by atoms with Gasteiger partial charge in [0, 0.05) is 37.6 Å². The van der Waals surface area contributed by atoms with E-state index in [2.05, 4.69) is 0 Å². The number of nitrogens with zero attached hydrogens (tertiary/aromatic N) is 1. The highest BCUT2D eigenvalue weighted by Gasteiger charge is 2.56. The lowest BCUT2D eigenvalue weighted by atomic mass is 9.58. The first-order chi connectivity index (χ1) is 13.1. The quantitative estimate of drug-likeness (QED) is 0.899. The zero-order chi connectivity index (χ0) is 18.9. The number of hydrogen-bond donors (Lipinski definition) is 1. The molecule has 1 saturated heterocycles. The van der Waals surface area contributed by atoms with E-state index >= 15 is 0 Å². The number of para-hydroxylation sites is 1. The largest absolute Gasteiger partial charge is 0.457 e. The number of ether oxygens (including phenoxy) is 2. The second-order valence-electron chi connectivity index (χ2n) is 7.44. The summed E-state index contributed by atoms with van der Waals surface area (Å²) in [6.45, 7) is 1.28. The smallest absolute Gasteiger partial charge is 0.253 e. The lowest BCUT2D eigenvalue weighted by molar-refractivity contribution is -0.199. The van der Waals surface area contributed by atoms with Gasteiger partial charge in [0.25, 0.3) is 5.91 Å².